The van der Waals surface area contributed by atoms with Crippen LogP contribution in [0.1, 0.15) is 33.1 Å². The largest absolute Gasteiger partial charge is 0.497 e. The van der Waals surface area contributed by atoms with Crippen molar-refractivity contribution in [3.63, 3.8) is 0 Å². The second-order valence-electron chi connectivity index (χ2n) is 7.93. The summed E-state index contributed by atoms with van der Waals surface area (Å²) >= 11 is 1.41. The van der Waals surface area contributed by atoms with Crippen LogP contribution in [0.3, 0.4) is 0 Å². The SMILES string of the molecule is COc1ccc2c(CN3CCC(c4c(C(N)=O)sc5ncccc45)C3)cn(C)c2c1. The van der Waals surface area contributed by atoms with Gasteiger partial charge in [-0.1, -0.05) is 6.07 Å². The monoisotopic (exact) mass is 420 g/mol. The van der Waals surface area contributed by atoms with Gasteiger partial charge in [0.2, 0.25) is 0 Å². The van der Waals surface area contributed by atoms with Gasteiger partial charge in [0.05, 0.1) is 17.5 Å². The fourth-order valence-corrected chi connectivity index (χ4v) is 5.77. The van der Waals surface area contributed by atoms with Gasteiger partial charge in [-0.05, 0) is 42.3 Å². The van der Waals surface area contributed by atoms with Crippen LogP contribution in [0.5, 0.6) is 5.75 Å². The van der Waals surface area contributed by atoms with E-state index >= 15 is 0 Å². The Kier molecular flexibility index (Phi) is 4.72. The molecule has 7 heteroatoms. The van der Waals surface area contributed by atoms with Crippen LogP contribution in [-0.4, -0.2) is 40.6 Å². The number of rotatable bonds is 5. The van der Waals surface area contributed by atoms with Gasteiger partial charge in [-0.25, -0.2) is 4.98 Å². The van der Waals surface area contributed by atoms with Crippen molar-refractivity contribution < 1.29 is 9.53 Å². The summed E-state index contributed by atoms with van der Waals surface area (Å²) in [6.07, 6.45) is 4.99. The minimum Gasteiger partial charge on any atom is -0.497 e. The van der Waals surface area contributed by atoms with Crippen molar-refractivity contribution in [1.29, 1.82) is 0 Å². The molecule has 1 saturated heterocycles. The Bertz CT molecular complexity index is 1260. The lowest BCUT2D eigenvalue weighted by Gasteiger charge is -2.16. The Hall–Kier alpha value is -2.90. The van der Waals surface area contributed by atoms with E-state index in [0.29, 0.717) is 10.8 Å². The molecule has 1 unspecified atom stereocenters. The number of amides is 1. The highest BCUT2D eigenvalue weighted by Gasteiger charge is 2.30. The molecule has 1 aromatic carbocycles. The molecular formula is C23H24N4O2S. The molecule has 0 spiro atoms. The van der Waals surface area contributed by atoms with Crippen molar-refractivity contribution in [1.82, 2.24) is 14.5 Å². The summed E-state index contributed by atoms with van der Waals surface area (Å²) in [6.45, 7) is 2.78. The van der Waals surface area contributed by atoms with Gasteiger partial charge in [0.25, 0.3) is 5.91 Å². The fraction of sp³-hybridized carbons (Fsp3) is 0.304. The van der Waals surface area contributed by atoms with Crippen molar-refractivity contribution in [2.75, 3.05) is 20.2 Å². The van der Waals surface area contributed by atoms with Crippen LogP contribution in [0.25, 0.3) is 21.1 Å². The minimum atomic E-state index is -0.352. The van der Waals surface area contributed by atoms with E-state index in [4.69, 9.17) is 10.5 Å². The molecule has 154 valence electrons. The number of hydrogen-bond acceptors (Lipinski definition) is 5. The third-order valence-corrected chi connectivity index (χ3v) is 7.23. The molecule has 1 aliphatic rings. The van der Waals surface area contributed by atoms with Gasteiger partial charge in [0.15, 0.2) is 0 Å². The van der Waals surface area contributed by atoms with E-state index in [1.165, 1.54) is 27.8 Å². The molecule has 1 amide bonds. The normalized spacial score (nSPS) is 17.2. The van der Waals surface area contributed by atoms with E-state index < -0.39 is 0 Å². The number of pyridine rings is 1. The van der Waals surface area contributed by atoms with Gasteiger partial charge in [-0.3, -0.25) is 9.69 Å². The first-order valence-corrected chi connectivity index (χ1v) is 10.9. The number of ether oxygens (including phenoxy) is 1. The number of carbonyl (C=O) groups excluding carboxylic acids is 1. The molecule has 1 fully saturated rings. The molecule has 6 nitrogen and oxygen atoms in total. The van der Waals surface area contributed by atoms with Gasteiger partial charge in [-0.15, -0.1) is 11.3 Å². The molecule has 1 aliphatic heterocycles. The number of thiophene rings is 1. The topological polar surface area (TPSA) is 73.4 Å². The molecule has 0 bridgehead atoms. The van der Waals surface area contributed by atoms with Gasteiger partial charge >= 0.3 is 0 Å². The lowest BCUT2D eigenvalue weighted by atomic mass is 9.95. The lowest BCUT2D eigenvalue weighted by molar-refractivity contribution is 0.100. The third kappa shape index (κ3) is 3.14. The van der Waals surface area contributed by atoms with Crippen molar-refractivity contribution in [3.8, 4) is 5.75 Å². The predicted molar refractivity (Wildman–Crippen MR) is 120 cm³/mol. The fourth-order valence-electron chi connectivity index (χ4n) is 4.69. The quantitative estimate of drug-likeness (QED) is 0.532. The number of methoxy groups -OCH3 is 1. The molecule has 0 aliphatic carbocycles. The highest BCUT2D eigenvalue weighted by molar-refractivity contribution is 7.20. The number of likely N-dealkylation sites (tertiary alicyclic amines) is 1. The molecule has 4 aromatic rings. The van der Waals surface area contributed by atoms with Crippen molar-refractivity contribution >= 4 is 38.4 Å². The zero-order valence-corrected chi connectivity index (χ0v) is 17.9. The second kappa shape index (κ2) is 7.41. The number of nitrogens with zero attached hydrogens (tertiary/aromatic N) is 3. The van der Waals surface area contributed by atoms with Crippen LogP contribution < -0.4 is 10.5 Å². The maximum absolute atomic E-state index is 12.1. The van der Waals surface area contributed by atoms with Crippen LogP contribution >= 0.6 is 11.3 Å². The highest BCUT2D eigenvalue weighted by atomic mass is 32.1. The first-order valence-electron chi connectivity index (χ1n) is 10.1. The lowest BCUT2D eigenvalue weighted by Crippen LogP contribution is -2.20. The summed E-state index contributed by atoms with van der Waals surface area (Å²) in [7, 11) is 3.76. The predicted octanol–water partition coefficient (Wildman–Crippen LogP) is 3.89. The Balaban J connectivity index is 1.42. The number of nitrogens with two attached hydrogens (primary N) is 1. The average molecular weight is 421 g/mol. The van der Waals surface area contributed by atoms with Crippen LogP contribution in [0.4, 0.5) is 0 Å². The number of fused-ring (bicyclic) bond motifs is 2. The van der Waals surface area contributed by atoms with E-state index in [0.717, 1.165) is 47.6 Å². The van der Waals surface area contributed by atoms with E-state index in [1.807, 2.05) is 12.1 Å². The molecule has 2 N–H and O–H groups in total. The summed E-state index contributed by atoms with van der Waals surface area (Å²) in [4.78, 5) is 20.6. The Morgan fingerprint density at radius 3 is 3.00 bits per heavy atom. The number of aromatic nitrogens is 2. The Morgan fingerprint density at radius 2 is 2.20 bits per heavy atom. The summed E-state index contributed by atoms with van der Waals surface area (Å²) in [5, 5.41) is 2.32. The molecule has 0 radical (unpaired) electrons. The van der Waals surface area contributed by atoms with Crippen LogP contribution in [-0.2, 0) is 13.6 Å². The van der Waals surface area contributed by atoms with Crippen LogP contribution in [0.2, 0.25) is 0 Å². The van der Waals surface area contributed by atoms with E-state index in [-0.39, 0.29) is 5.91 Å². The van der Waals surface area contributed by atoms with E-state index in [1.54, 1.807) is 13.3 Å². The first-order chi connectivity index (χ1) is 14.5. The summed E-state index contributed by atoms with van der Waals surface area (Å²) in [5.41, 5.74) is 9.27. The van der Waals surface area contributed by atoms with Crippen molar-refractivity contribution in [3.05, 3.63) is 58.7 Å². The number of carbonyl (C=O) groups is 1. The average Bonchev–Trinajstić information content (AvgIpc) is 3.44. The van der Waals surface area contributed by atoms with Gasteiger partial charge in [0.1, 0.15) is 10.6 Å². The highest BCUT2D eigenvalue weighted by Crippen LogP contribution is 2.39. The van der Waals surface area contributed by atoms with Gasteiger partial charge < -0.3 is 15.0 Å². The number of aryl methyl sites for hydroxylation is 1. The molecule has 4 heterocycles. The molecule has 0 saturated carbocycles. The molecule has 3 aromatic heterocycles. The van der Waals surface area contributed by atoms with Crippen molar-refractivity contribution in [2.24, 2.45) is 12.8 Å². The zero-order valence-electron chi connectivity index (χ0n) is 17.1. The summed E-state index contributed by atoms with van der Waals surface area (Å²) in [5.74, 6) is 0.809. The second-order valence-corrected chi connectivity index (χ2v) is 8.93. The number of hydrogen-bond donors (Lipinski definition) is 1. The van der Waals surface area contributed by atoms with Crippen molar-refractivity contribution in [2.45, 2.75) is 18.9 Å². The summed E-state index contributed by atoms with van der Waals surface area (Å²) in [6, 6.07) is 10.2. The van der Waals surface area contributed by atoms with E-state index in [9.17, 15) is 4.79 Å². The third-order valence-electron chi connectivity index (χ3n) is 6.08. The van der Waals surface area contributed by atoms with Crippen LogP contribution in [0, 0.1) is 0 Å². The molecule has 1 atom stereocenters. The molecule has 5 rings (SSSR count). The number of primary amides is 1. The summed E-state index contributed by atoms with van der Waals surface area (Å²) < 4.78 is 7.53. The zero-order chi connectivity index (χ0) is 20.8. The smallest absolute Gasteiger partial charge is 0.259 e. The standard InChI is InChI=1S/C23H24N4O2S/c1-26-11-15(17-6-5-16(29-2)10-19(17)26)13-27-9-7-14(12-27)20-18-4-3-8-25-23(18)30-21(20)22(24)28/h3-6,8,10-11,14H,7,9,12-13H2,1-2H3,(H2,24,28). The molecule has 30 heavy (non-hydrogen) atoms. The first kappa shape index (κ1) is 19.1. The maximum atomic E-state index is 12.1. The van der Waals surface area contributed by atoms with Gasteiger partial charge in [-0.2, -0.15) is 0 Å². The minimum absolute atomic E-state index is 0.292. The Morgan fingerprint density at radius 1 is 1.33 bits per heavy atom. The number of benzene rings is 1. The Labute approximate surface area is 178 Å². The van der Waals surface area contributed by atoms with Gasteiger partial charge in [0, 0.05) is 55.3 Å². The van der Waals surface area contributed by atoms with Crippen LogP contribution in [0.15, 0.2) is 42.7 Å². The van der Waals surface area contributed by atoms with E-state index in [2.05, 4.69) is 45.9 Å². The maximum Gasteiger partial charge on any atom is 0.259 e. The molecular weight excluding hydrogens is 396 g/mol.